The van der Waals surface area contributed by atoms with Gasteiger partial charge in [-0.3, -0.25) is 4.79 Å². The Kier molecular flexibility index (Phi) is 4.85. The molecule has 47 valence electrons. The van der Waals surface area contributed by atoms with Crippen LogP contribution in [-0.4, -0.2) is 22.6 Å². The maximum Gasteiger partial charge on any atom is 0.313 e. The first kappa shape index (κ1) is 7.82. The molecule has 0 aromatic rings. The third-order valence-electron chi connectivity index (χ3n) is 0.514. The van der Waals surface area contributed by atoms with Gasteiger partial charge in [-0.2, -0.15) is 11.8 Å². The van der Waals surface area contributed by atoms with E-state index in [1.165, 1.54) is 11.8 Å². The van der Waals surface area contributed by atoms with E-state index in [0.29, 0.717) is 0 Å². The summed E-state index contributed by atoms with van der Waals surface area (Å²) < 4.78 is 0. The van der Waals surface area contributed by atoms with Gasteiger partial charge in [0, 0.05) is 0 Å². The van der Waals surface area contributed by atoms with Crippen LogP contribution in [0.3, 0.4) is 0 Å². The van der Waals surface area contributed by atoms with Gasteiger partial charge in [-0.1, -0.05) is 6.92 Å². The molecule has 0 aliphatic heterocycles. The summed E-state index contributed by atoms with van der Waals surface area (Å²) in [6, 6.07) is 0. The summed E-state index contributed by atoms with van der Waals surface area (Å²) in [5.41, 5.74) is 0. The predicted molar refractivity (Wildman–Crippen MR) is 34.9 cm³/mol. The van der Waals surface area contributed by atoms with Crippen molar-refractivity contribution >= 4 is 17.7 Å². The Morgan fingerprint density at radius 2 is 2.38 bits per heavy atom. The fourth-order valence-electron chi connectivity index (χ4n) is 0.262. The molecule has 0 saturated heterocycles. The number of thioether (sulfide) groups is 1. The molecule has 0 heterocycles. The van der Waals surface area contributed by atoms with Crippen molar-refractivity contribution in [2.75, 3.05) is 11.5 Å². The number of carbonyl (C=O) groups is 1. The molecule has 0 spiro atoms. The number of carboxylic acids is 1. The number of aliphatic carboxylic acids is 1. The van der Waals surface area contributed by atoms with Crippen molar-refractivity contribution in [1.82, 2.24) is 0 Å². The normalized spacial score (nSPS) is 9.12. The standard InChI is InChI=1S/C5H9O2S/c1-2-3-8-4-5(6)7/h1-4H2,(H,6,7). The van der Waals surface area contributed by atoms with Crippen LogP contribution in [-0.2, 0) is 4.79 Å². The molecular formula is C5H9O2S. The molecule has 2 nitrogen and oxygen atoms in total. The van der Waals surface area contributed by atoms with E-state index >= 15 is 0 Å². The number of carboxylic acid groups (broad SMARTS) is 1. The van der Waals surface area contributed by atoms with E-state index in [4.69, 9.17) is 5.11 Å². The molecule has 0 aromatic carbocycles. The molecule has 0 unspecified atom stereocenters. The van der Waals surface area contributed by atoms with E-state index < -0.39 is 5.97 Å². The van der Waals surface area contributed by atoms with Gasteiger partial charge in [0.05, 0.1) is 5.75 Å². The van der Waals surface area contributed by atoms with Crippen LogP contribution >= 0.6 is 11.8 Å². The lowest BCUT2D eigenvalue weighted by atomic mass is 10.6. The topological polar surface area (TPSA) is 37.3 Å². The fraction of sp³-hybridized carbons (Fsp3) is 0.600. The van der Waals surface area contributed by atoms with Crippen LogP contribution in [0.2, 0.25) is 0 Å². The Bertz CT molecular complexity index is 72.8. The minimum atomic E-state index is -0.747. The average molecular weight is 133 g/mol. The SMILES string of the molecule is [CH2]CCSCC(=O)O. The molecule has 0 amide bonds. The van der Waals surface area contributed by atoms with Gasteiger partial charge in [0.15, 0.2) is 0 Å². The Labute approximate surface area is 53.3 Å². The summed E-state index contributed by atoms with van der Waals surface area (Å²) >= 11 is 1.40. The Hall–Kier alpha value is -0.180. The summed E-state index contributed by atoms with van der Waals surface area (Å²) in [5.74, 6) is 0.297. The lowest BCUT2D eigenvalue weighted by molar-refractivity contribution is -0.133. The van der Waals surface area contributed by atoms with Crippen LogP contribution in [0.4, 0.5) is 0 Å². The summed E-state index contributed by atoms with van der Waals surface area (Å²) in [4.78, 5) is 9.83. The third-order valence-corrected chi connectivity index (χ3v) is 1.54. The van der Waals surface area contributed by atoms with Crippen LogP contribution in [0, 0.1) is 6.92 Å². The van der Waals surface area contributed by atoms with Crippen LogP contribution in [0.25, 0.3) is 0 Å². The van der Waals surface area contributed by atoms with E-state index in [1.807, 2.05) is 0 Å². The van der Waals surface area contributed by atoms with Gasteiger partial charge >= 0.3 is 5.97 Å². The number of hydrogen-bond acceptors (Lipinski definition) is 2. The maximum atomic E-state index is 9.83. The highest BCUT2D eigenvalue weighted by Crippen LogP contribution is 1.99. The number of hydrogen-bond donors (Lipinski definition) is 1. The quantitative estimate of drug-likeness (QED) is 0.582. The van der Waals surface area contributed by atoms with E-state index in [0.717, 1.165) is 12.2 Å². The highest BCUT2D eigenvalue weighted by molar-refractivity contribution is 7.99. The second-order valence-corrected chi connectivity index (χ2v) is 2.41. The first-order valence-electron chi connectivity index (χ1n) is 2.36. The first-order chi connectivity index (χ1) is 3.77. The highest BCUT2D eigenvalue weighted by Gasteiger charge is 1.92. The molecule has 1 N–H and O–H groups in total. The third kappa shape index (κ3) is 5.82. The van der Waals surface area contributed by atoms with Gasteiger partial charge in [0.25, 0.3) is 0 Å². The smallest absolute Gasteiger partial charge is 0.313 e. The van der Waals surface area contributed by atoms with Crippen LogP contribution in [0.15, 0.2) is 0 Å². The van der Waals surface area contributed by atoms with Gasteiger partial charge in [-0.25, -0.2) is 0 Å². The van der Waals surface area contributed by atoms with E-state index in [1.54, 1.807) is 0 Å². The summed E-state index contributed by atoms with van der Waals surface area (Å²) in [6.07, 6.45) is 0.804. The van der Waals surface area contributed by atoms with Crippen molar-refractivity contribution in [3.63, 3.8) is 0 Å². The molecule has 0 aromatic heterocycles. The zero-order valence-electron chi connectivity index (χ0n) is 4.59. The molecule has 0 rings (SSSR count). The lowest BCUT2D eigenvalue weighted by Crippen LogP contribution is -1.97. The zero-order valence-corrected chi connectivity index (χ0v) is 5.41. The van der Waals surface area contributed by atoms with Crippen LogP contribution < -0.4 is 0 Å². The number of rotatable bonds is 4. The van der Waals surface area contributed by atoms with Crippen LogP contribution in [0.5, 0.6) is 0 Å². The molecule has 0 fully saturated rings. The largest absolute Gasteiger partial charge is 0.481 e. The molecule has 8 heavy (non-hydrogen) atoms. The molecule has 0 atom stereocenters. The van der Waals surface area contributed by atoms with Crippen molar-refractivity contribution in [3.05, 3.63) is 6.92 Å². The van der Waals surface area contributed by atoms with Gasteiger partial charge in [0.1, 0.15) is 0 Å². The van der Waals surface area contributed by atoms with Crippen molar-refractivity contribution < 1.29 is 9.90 Å². The van der Waals surface area contributed by atoms with E-state index in [2.05, 4.69) is 6.92 Å². The van der Waals surface area contributed by atoms with Gasteiger partial charge in [0.2, 0.25) is 0 Å². The Balaban J connectivity index is 2.82. The van der Waals surface area contributed by atoms with Gasteiger partial charge < -0.3 is 5.11 Å². The summed E-state index contributed by atoms with van der Waals surface area (Å²) in [5, 5.41) is 8.10. The zero-order chi connectivity index (χ0) is 6.41. The molecule has 0 saturated carbocycles. The average Bonchev–Trinajstić information content (AvgIpc) is 1.66. The summed E-state index contributed by atoms with van der Waals surface area (Å²) in [6.45, 7) is 3.57. The van der Waals surface area contributed by atoms with E-state index in [9.17, 15) is 4.79 Å². The summed E-state index contributed by atoms with van der Waals surface area (Å²) in [7, 11) is 0. The monoisotopic (exact) mass is 133 g/mol. The highest BCUT2D eigenvalue weighted by atomic mass is 32.2. The molecule has 3 heteroatoms. The van der Waals surface area contributed by atoms with Gasteiger partial charge in [-0.05, 0) is 12.2 Å². The van der Waals surface area contributed by atoms with Crippen molar-refractivity contribution in [2.45, 2.75) is 6.42 Å². The molecule has 0 bridgehead atoms. The van der Waals surface area contributed by atoms with Crippen molar-refractivity contribution in [1.29, 1.82) is 0 Å². The Morgan fingerprint density at radius 3 is 2.75 bits per heavy atom. The lowest BCUT2D eigenvalue weighted by Gasteiger charge is -1.90. The molecule has 0 aliphatic rings. The maximum absolute atomic E-state index is 9.83. The second kappa shape index (κ2) is 4.97. The van der Waals surface area contributed by atoms with Crippen LogP contribution in [0.1, 0.15) is 6.42 Å². The fourth-order valence-corrected chi connectivity index (χ4v) is 0.785. The molecule has 1 radical (unpaired) electrons. The molecular weight excluding hydrogens is 124 g/mol. The van der Waals surface area contributed by atoms with Gasteiger partial charge in [-0.15, -0.1) is 0 Å². The minimum absolute atomic E-state index is 0.204. The predicted octanol–water partition coefficient (Wildman–Crippen LogP) is 1.03. The van der Waals surface area contributed by atoms with Crippen molar-refractivity contribution in [2.24, 2.45) is 0 Å². The minimum Gasteiger partial charge on any atom is -0.481 e. The van der Waals surface area contributed by atoms with Crippen molar-refractivity contribution in [3.8, 4) is 0 Å². The molecule has 0 aliphatic carbocycles. The Morgan fingerprint density at radius 1 is 1.75 bits per heavy atom. The second-order valence-electron chi connectivity index (χ2n) is 1.30. The van der Waals surface area contributed by atoms with E-state index in [-0.39, 0.29) is 5.75 Å². The first-order valence-corrected chi connectivity index (χ1v) is 3.51.